The van der Waals surface area contributed by atoms with Gasteiger partial charge in [0.05, 0.1) is 19.3 Å². The molecular weight excluding hydrogens is 392 g/mol. The maximum atomic E-state index is 6.08. The number of piperidine rings is 1. The van der Waals surface area contributed by atoms with Crippen molar-refractivity contribution in [3.05, 3.63) is 47.5 Å². The zero-order chi connectivity index (χ0) is 21.3. The van der Waals surface area contributed by atoms with Gasteiger partial charge in [-0.2, -0.15) is 5.10 Å². The van der Waals surface area contributed by atoms with E-state index >= 15 is 0 Å². The van der Waals surface area contributed by atoms with E-state index in [1.807, 2.05) is 0 Å². The van der Waals surface area contributed by atoms with Crippen LogP contribution in [0.3, 0.4) is 0 Å². The minimum absolute atomic E-state index is 0.315. The molecular formula is C23H34N6O2. The number of hydrogen-bond donors (Lipinski definition) is 2. The predicted octanol–water partition coefficient (Wildman–Crippen LogP) is 2.85. The van der Waals surface area contributed by atoms with E-state index in [-0.39, 0.29) is 0 Å². The number of H-pyrrole nitrogens is 1. The maximum absolute atomic E-state index is 6.08. The van der Waals surface area contributed by atoms with Gasteiger partial charge in [-0.05, 0) is 43.7 Å². The highest BCUT2D eigenvalue weighted by Gasteiger charge is 2.24. The van der Waals surface area contributed by atoms with Gasteiger partial charge >= 0.3 is 0 Å². The van der Waals surface area contributed by atoms with Gasteiger partial charge < -0.3 is 19.7 Å². The fourth-order valence-electron chi connectivity index (χ4n) is 4.24. The minimum atomic E-state index is 0.315. The zero-order valence-corrected chi connectivity index (χ0v) is 18.4. The first-order valence-corrected chi connectivity index (χ1v) is 11.5. The summed E-state index contributed by atoms with van der Waals surface area (Å²) in [6, 6.07) is 8.58. The van der Waals surface area contributed by atoms with Crippen molar-refractivity contribution in [2.75, 3.05) is 32.8 Å². The van der Waals surface area contributed by atoms with E-state index in [1.54, 1.807) is 6.33 Å². The SMILES string of the molecule is CCNC(=NCc1cccc(COC2CCOCC2)c1)N1CCC(c2ncn[nH]2)CC1. The fraction of sp³-hybridized carbons (Fsp3) is 0.609. The third kappa shape index (κ3) is 6.27. The third-order valence-electron chi connectivity index (χ3n) is 6.01. The highest BCUT2D eigenvalue weighted by atomic mass is 16.5. The molecule has 1 aromatic heterocycles. The smallest absolute Gasteiger partial charge is 0.194 e. The predicted molar refractivity (Wildman–Crippen MR) is 120 cm³/mol. The number of aliphatic imine (C=N–C) groups is 1. The number of aromatic amines is 1. The number of ether oxygens (including phenoxy) is 2. The lowest BCUT2D eigenvalue weighted by atomic mass is 9.96. The van der Waals surface area contributed by atoms with E-state index in [2.05, 4.69) is 56.6 Å². The Bertz CT molecular complexity index is 811. The van der Waals surface area contributed by atoms with Crippen molar-refractivity contribution >= 4 is 5.96 Å². The van der Waals surface area contributed by atoms with E-state index in [0.717, 1.165) is 70.3 Å². The molecule has 0 saturated carbocycles. The summed E-state index contributed by atoms with van der Waals surface area (Å²) in [5.74, 6) is 2.44. The molecule has 2 aromatic rings. The largest absolute Gasteiger partial charge is 0.381 e. The number of rotatable bonds is 7. The van der Waals surface area contributed by atoms with Crippen LogP contribution in [-0.2, 0) is 22.6 Å². The summed E-state index contributed by atoms with van der Waals surface area (Å²) < 4.78 is 11.5. The summed E-state index contributed by atoms with van der Waals surface area (Å²) in [4.78, 5) is 11.6. The number of guanidine groups is 1. The standard InChI is InChI=1S/C23H34N6O2/c1-2-24-23(29-10-6-20(7-11-29)22-26-17-27-28-22)25-15-18-4-3-5-19(14-18)16-31-21-8-12-30-13-9-21/h3-5,14,17,20-21H,2,6-13,15-16H2,1H3,(H,24,25)(H,26,27,28). The molecule has 4 rings (SSSR count). The Balaban J connectivity index is 1.32. The van der Waals surface area contributed by atoms with Crippen molar-refractivity contribution in [1.29, 1.82) is 0 Å². The van der Waals surface area contributed by atoms with Crippen LogP contribution in [0.1, 0.15) is 55.5 Å². The van der Waals surface area contributed by atoms with Crippen LogP contribution in [0.25, 0.3) is 0 Å². The molecule has 1 aromatic carbocycles. The molecule has 31 heavy (non-hydrogen) atoms. The van der Waals surface area contributed by atoms with Crippen molar-refractivity contribution in [1.82, 2.24) is 25.4 Å². The molecule has 2 fully saturated rings. The molecule has 8 heteroatoms. The van der Waals surface area contributed by atoms with Crippen LogP contribution in [-0.4, -0.2) is 65.0 Å². The molecule has 0 radical (unpaired) electrons. The van der Waals surface area contributed by atoms with E-state index in [1.165, 1.54) is 11.1 Å². The fourth-order valence-corrected chi connectivity index (χ4v) is 4.24. The van der Waals surface area contributed by atoms with Gasteiger partial charge in [-0.3, -0.25) is 5.10 Å². The van der Waals surface area contributed by atoms with Gasteiger partial charge in [0.25, 0.3) is 0 Å². The Kier molecular flexibility index (Phi) is 7.90. The molecule has 2 saturated heterocycles. The van der Waals surface area contributed by atoms with Gasteiger partial charge in [0.15, 0.2) is 5.96 Å². The van der Waals surface area contributed by atoms with Crippen LogP contribution in [0.4, 0.5) is 0 Å². The molecule has 3 heterocycles. The number of likely N-dealkylation sites (tertiary alicyclic amines) is 1. The Morgan fingerprint density at radius 2 is 2.03 bits per heavy atom. The second-order valence-electron chi connectivity index (χ2n) is 8.24. The zero-order valence-electron chi connectivity index (χ0n) is 18.4. The van der Waals surface area contributed by atoms with E-state index in [9.17, 15) is 0 Å². The van der Waals surface area contributed by atoms with Crippen LogP contribution in [0.5, 0.6) is 0 Å². The number of nitrogens with zero attached hydrogens (tertiary/aromatic N) is 4. The van der Waals surface area contributed by atoms with Crippen LogP contribution in [0.15, 0.2) is 35.6 Å². The molecule has 2 aliphatic rings. The normalized spacial score (nSPS) is 19.0. The maximum Gasteiger partial charge on any atom is 0.194 e. The topological polar surface area (TPSA) is 87.7 Å². The molecule has 2 N–H and O–H groups in total. The van der Waals surface area contributed by atoms with E-state index in [4.69, 9.17) is 14.5 Å². The first kappa shape index (κ1) is 21.8. The van der Waals surface area contributed by atoms with Crippen LogP contribution in [0.2, 0.25) is 0 Å². The van der Waals surface area contributed by atoms with E-state index in [0.29, 0.717) is 25.2 Å². The Labute approximate surface area is 184 Å². The van der Waals surface area contributed by atoms with Gasteiger partial charge in [0, 0.05) is 38.8 Å². The quantitative estimate of drug-likeness (QED) is 0.523. The molecule has 0 bridgehead atoms. The Morgan fingerprint density at radius 1 is 1.23 bits per heavy atom. The lowest BCUT2D eigenvalue weighted by molar-refractivity contribution is -0.0390. The van der Waals surface area contributed by atoms with Crippen LogP contribution in [0, 0.1) is 0 Å². The van der Waals surface area contributed by atoms with Gasteiger partial charge in [-0.1, -0.05) is 24.3 Å². The molecule has 8 nitrogen and oxygen atoms in total. The molecule has 0 spiro atoms. The first-order chi connectivity index (χ1) is 15.3. The highest BCUT2D eigenvalue weighted by molar-refractivity contribution is 5.80. The van der Waals surface area contributed by atoms with Crippen molar-refractivity contribution in [2.45, 2.75) is 57.8 Å². The van der Waals surface area contributed by atoms with Gasteiger partial charge in [-0.15, -0.1) is 0 Å². The van der Waals surface area contributed by atoms with Crippen LogP contribution < -0.4 is 5.32 Å². The summed E-state index contributed by atoms with van der Waals surface area (Å²) in [6.07, 6.45) is 6.00. The monoisotopic (exact) mass is 426 g/mol. The van der Waals surface area contributed by atoms with Gasteiger partial charge in [-0.25, -0.2) is 9.98 Å². The second-order valence-corrected chi connectivity index (χ2v) is 8.24. The number of aromatic nitrogens is 3. The number of hydrogen-bond acceptors (Lipinski definition) is 5. The molecule has 168 valence electrons. The lowest BCUT2D eigenvalue weighted by Crippen LogP contribution is -2.45. The lowest BCUT2D eigenvalue weighted by Gasteiger charge is -2.33. The number of benzene rings is 1. The summed E-state index contributed by atoms with van der Waals surface area (Å²) in [6.45, 7) is 7.84. The highest BCUT2D eigenvalue weighted by Crippen LogP contribution is 2.25. The van der Waals surface area contributed by atoms with Crippen molar-refractivity contribution in [2.24, 2.45) is 4.99 Å². The van der Waals surface area contributed by atoms with Gasteiger partial charge in [0.2, 0.25) is 0 Å². The second kappa shape index (κ2) is 11.2. The van der Waals surface area contributed by atoms with Crippen molar-refractivity contribution in [3.63, 3.8) is 0 Å². The summed E-state index contributed by atoms with van der Waals surface area (Å²) >= 11 is 0. The third-order valence-corrected chi connectivity index (χ3v) is 6.01. The average molecular weight is 427 g/mol. The minimum Gasteiger partial charge on any atom is -0.381 e. The van der Waals surface area contributed by atoms with Crippen molar-refractivity contribution < 1.29 is 9.47 Å². The molecule has 0 atom stereocenters. The summed E-state index contributed by atoms with van der Waals surface area (Å²) in [7, 11) is 0. The molecule has 0 unspecified atom stereocenters. The molecule has 2 aliphatic heterocycles. The molecule has 0 aliphatic carbocycles. The summed E-state index contributed by atoms with van der Waals surface area (Å²) in [5, 5.41) is 10.5. The molecule has 0 amide bonds. The van der Waals surface area contributed by atoms with E-state index < -0.39 is 0 Å². The van der Waals surface area contributed by atoms with Crippen LogP contribution >= 0.6 is 0 Å². The first-order valence-electron chi connectivity index (χ1n) is 11.5. The van der Waals surface area contributed by atoms with Gasteiger partial charge in [0.1, 0.15) is 12.2 Å². The van der Waals surface area contributed by atoms with Crippen molar-refractivity contribution in [3.8, 4) is 0 Å². The Morgan fingerprint density at radius 3 is 2.77 bits per heavy atom. The average Bonchev–Trinajstić information content (AvgIpc) is 3.37. The number of nitrogens with one attached hydrogen (secondary N) is 2. The summed E-state index contributed by atoms with van der Waals surface area (Å²) in [5.41, 5.74) is 2.41. The Hall–Kier alpha value is -2.45.